The van der Waals surface area contributed by atoms with E-state index in [0.29, 0.717) is 17.4 Å². The van der Waals surface area contributed by atoms with Crippen molar-refractivity contribution >= 4 is 55.6 Å². The maximum atomic E-state index is 13.9. The number of halogens is 1. The maximum Gasteiger partial charge on any atom is 0.293 e. The van der Waals surface area contributed by atoms with Gasteiger partial charge >= 0.3 is 0 Å². The van der Waals surface area contributed by atoms with Crippen molar-refractivity contribution in [3.63, 3.8) is 0 Å². The third-order valence-corrected chi connectivity index (χ3v) is 13.3. The largest absolute Gasteiger partial charge is 0.455 e. The van der Waals surface area contributed by atoms with Gasteiger partial charge in [0.1, 0.15) is 22.8 Å². The Kier molecular flexibility index (Phi) is 10.9. The number of anilines is 2. The fourth-order valence-electron chi connectivity index (χ4n) is 8.32. The lowest BCUT2D eigenvalue weighted by atomic mass is 10.0. The molecule has 0 spiro atoms. The third-order valence-electron chi connectivity index (χ3n) is 11.6. The highest BCUT2D eigenvalue weighted by Gasteiger charge is 2.32. The van der Waals surface area contributed by atoms with Gasteiger partial charge in [-0.3, -0.25) is 19.8 Å². The van der Waals surface area contributed by atoms with Crippen LogP contribution in [-0.4, -0.2) is 79.0 Å². The van der Waals surface area contributed by atoms with E-state index in [1.165, 1.54) is 24.4 Å². The minimum Gasteiger partial charge on any atom is -0.455 e. The summed E-state index contributed by atoms with van der Waals surface area (Å²) in [5.41, 5.74) is 4.09. The zero-order valence-electron chi connectivity index (χ0n) is 32.4. The minimum absolute atomic E-state index is 0.0210. The molecule has 2 aromatic heterocycles. The van der Waals surface area contributed by atoms with Crippen molar-refractivity contribution in [3.05, 3.63) is 136 Å². The smallest absolute Gasteiger partial charge is 0.293 e. The molecule has 6 aromatic rings. The summed E-state index contributed by atoms with van der Waals surface area (Å²) in [5, 5.41) is 17.0. The first-order valence-corrected chi connectivity index (χ1v) is 21.8. The fraction of sp³-hybridized carbons (Fsp3) is 0.273. The Hall–Kier alpha value is -6.00. The van der Waals surface area contributed by atoms with Gasteiger partial charge in [0.15, 0.2) is 0 Å². The number of rotatable bonds is 12. The van der Waals surface area contributed by atoms with Crippen LogP contribution in [0.25, 0.3) is 22.2 Å². The number of nitrogens with one attached hydrogen (secondary N) is 3. The molecule has 0 saturated carbocycles. The number of H-pyrrole nitrogens is 1. The van der Waals surface area contributed by atoms with E-state index in [9.17, 15) is 23.3 Å². The third kappa shape index (κ3) is 8.13. The molecule has 3 aliphatic rings. The number of fused-ring (bicyclic) bond motifs is 1. The summed E-state index contributed by atoms with van der Waals surface area (Å²) >= 11 is 6.59. The second-order valence-corrected chi connectivity index (χ2v) is 17.4. The molecule has 3 N–H and O–H groups in total. The van der Waals surface area contributed by atoms with Crippen LogP contribution in [0.3, 0.4) is 0 Å². The van der Waals surface area contributed by atoms with Gasteiger partial charge in [0.25, 0.3) is 21.6 Å². The summed E-state index contributed by atoms with van der Waals surface area (Å²) in [5.74, 6) is -0.566. The number of nitro groups is 1. The second kappa shape index (κ2) is 16.6. The molecule has 5 heterocycles. The number of carbonyl (C=O) groups is 1. The number of aromatic nitrogens is 2. The van der Waals surface area contributed by atoms with Crippen molar-refractivity contribution < 1.29 is 27.6 Å². The summed E-state index contributed by atoms with van der Waals surface area (Å²) in [6.07, 6.45) is 6.83. The molecular formula is C44H42ClN7O7S. The highest BCUT2D eigenvalue weighted by molar-refractivity contribution is 7.90. The van der Waals surface area contributed by atoms with Crippen molar-refractivity contribution in [2.75, 3.05) is 43.1 Å². The molecule has 3 fully saturated rings. The molecule has 0 aliphatic carbocycles. The van der Waals surface area contributed by atoms with Crippen LogP contribution in [0.15, 0.2) is 114 Å². The van der Waals surface area contributed by atoms with Crippen molar-refractivity contribution in [1.82, 2.24) is 19.6 Å². The van der Waals surface area contributed by atoms with Crippen LogP contribution in [0.1, 0.15) is 47.6 Å². The zero-order chi connectivity index (χ0) is 41.4. The average molecular weight is 848 g/mol. The number of hydrogen-bond donors (Lipinski definition) is 3. The van der Waals surface area contributed by atoms with Gasteiger partial charge in [-0.1, -0.05) is 48.0 Å². The van der Waals surface area contributed by atoms with E-state index in [1.54, 1.807) is 24.4 Å². The molecule has 16 heteroatoms. The van der Waals surface area contributed by atoms with Gasteiger partial charge in [0, 0.05) is 54.0 Å². The maximum absolute atomic E-state index is 13.9. The SMILES string of the molecule is O=C(NS(=O)(=O)c1ccc(NC2CCN(C3COC3)CC2)c([N+](=O)[O-])c1)c1ccc(-c2ccc(N3CCCC3c3ccccc3Cl)cc2)cc1Oc1cnc2[nH]ccc2c1. The first-order valence-electron chi connectivity index (χ1n) is 19.9. The molecule has 4 aromatic carbocycles. The predicted octanol–water partition coefficient (Wildman–Crippen LogP) is 8.32. The Balaban J connectivity index is 0.962. The molecule has 1 atom stereocenters. The predicted molar refractivity (Wildman–Crippen MR) is 229 cm³/mol. The first-order chi connectivity index (χ1) is 29.1. The second-order valence-electron chi connectivity index (χ2n) is 15.3. The minimum atomic E-state index is -4.58. The molecule has 3 aliphatic heterocycles. The lowest BCUT2D eigenvalue weighted by Crippen LogP contribution is -2.53. The van der Waals surface area contributed by atoms with E-state index in [2.05, 4.69) is 48.0 Å². The molecule has 0 bridgehead atoms. The number of carbonyl (C=O) groups excluding carboxylic acids is 1. The lowest BCUT2D eigenvalue weighted by molar-refractivity contribution is -0.384. The summed E-state index contributed by atoms with van der Waals surface area (Å²) in [6, 6.07) is 28.7. The van der Waals surface area contributed by atoms with Crippen LogP contribution in [0.2, 0.25) is 5.02 Å². The Morgan fingerprint density at radius 2 is 1.72 bits per heavy atom. The van der Waals surface area contributed by atoms with Gasteiger partial charge in [-0.15, -0.1) is 0 Å². The molecule has 1 amide bonds. The van der Waals surface area contributed by atoms with E-state index >= 15 is 0 Å². The standard InChI is InChI=1S/C44H42ClN7O7S/c45-38-5-2-1-4-36(38)40-6-3-19-51(40)32-10-7-28(8-11-32)29-9-13-37(42(23-29)59-34-22-30-15-18-46-43(30)47-25-34)44(53)49-60(56,57)35-12-14-39(41(24-35)52(54)55)48-31-16-20-50(21-17-31)33-26-58-27-33/h1-2,4-5,7-15,18,22-25,31,33,40,48H,3,6,16-17,19-21,26-27H2,(H,46,47)(H,49,53). The van der Waals surface area contributed by atoms with E-state index in [1.807, 2.05) is 36.4 Å². The van der Waals surface area contributed by atoms with Crippen LogP contribution in [0, 0.1) is 10.1 Å². The normalized spacial score (nSPS) is 17.7. The number of nitro benzene ring substituents is 1. The number of amides is 1. The summed E-state index contributed by atoms with van der Waals surface area (Å²) in [6.45, 7) is 4.00. The van der Waals surface area contributed by atoms with Crippen LogP contribution >= 0.6 is 11.6 Å². The molecular weight excluding hydrogens is 806 g/mol. The number of benzene rings is 4. The van der Waals surface area contributed by atoms with Crippen molar-refractivity contribution in [3.8, 4) is 22.6 Å². The average Bonchev–Trinajstić information content (AvgIpc) is 3.91. The monoisotopic (exact) mass is 847 g/mol. The quantitative estimate of drug-likeness (QED) is 0.0799. The molecule has 0 radical (unpaired) electrons. The zero-order valence-corrected chi connectivity index (χ0v) is 34.0. The Labute approximate surface area is 351 Å². The number of likely N-dealkylation sites (tertiary alicyclic amines) is 1. The Morgan fingerprint density at radius 1 is 0.933 bits per heavy atom. The van der Waals surface area contributed by atoms with Crippen LogP contribution in [0.4, 0.5) is 17.1 Å². The summed E-state index contributed by atoms with van der Waals surface area (Å²) in [7, 11) is -4.58. The van der Waals surface area contributed by atoms with E-state index in [0.717, 1.165) is 97.4 Å². The number of ether oxygens (including phenoxy) is 2. The highest BCUT2D eigenvalue weighted by atomic mass is 35.5. The Bertz CT molecular complexity index is 2680. The van der Waals surface area contributed by atoms with Gasteiger partial charge in [0.2, 0.25) is 0 Å². The number of piperidine rings is 1. The topological polar surface area (TPSA) is 172 Å². The van der Waals surface area contributed by atoms with E-state index in [-0.39, 0.29) is 29.1 Å². The van der Waals surface area contributed by atoms with Crippen molar-refractivity contribution in [1.29, 1.82) is 0 Å². The van der Waals surface area contributed by atoms with Gasteiger partial charge < -0.3 is 24.7 Å². The number of sulfonamides is 1. The van der Waals surface area contributed by atoms with Gasteiger partial charge in [-0.2, -0.15) is 0 Å². The summed E-state index contributed by atoms with van der Waals surface area (Å²) in [4.78, 5) is 37.2. The molecule has 60 heavy (non-hydrogen) atoms. The van der Waals surface area contributed by atoms with Gasteiger partial charge in [-0.05, 0) is 97.0 Å². The van der Waals surface area contributed by atoms with Gasteiger partial charge in [-0.25, -0.2) is 18.1 Å². The van der Waals surface area contributed by atoms with Crippen molar-refractivity contribution in [2.45, 2.75) is 48.7 Å². The van der Waals surface area contributed by atoms with E-state index < -0.39 is 31.4 Å². The lowest BCUT2D eigenvalue weighted by Gasteiger charge is -2.41. The molecule has 1 unspecified atom stereocenters. The number of aromatic amines is 1. The first kappa shape index (κ1) is 39.5. The summed E-state index contributed by atoms with van der Waals surface area (Å²) < 4.78 is 41.1. The Morgan fingerprint density at radius 3 is 2.47 bits per heavy atom. The van der Waals surface area contributed by atoms with Crippen LogP contribution in [-0.2, 0) is 14.8 Å². The van der Waals surface area contributed by atoms with Gasteiger partial charge in [0.05, 0.1) is 46.9 Å². The van der Waals surface area contributed by atoms with E-state index in [4.69, 9.17) is 21.1 Å². The molecule has 9 rings (SSSR count). The molecule has 14 nitrogen and oxygen atoms in total. The number of pyridine rings is 1. The van der Waals surface area contributed by atoms with Crippen LogP contribution < -0.4 is 19.7 Å². The highest BCUT2D eigenvalue weighted by Crippen LogP contribution is 2.40. The number of nitrogens with zero attached hydrogens (tertiary/aromatic N) is 4. The van der Waals surface area contributed by atoms with Crippen molar-refractivity contribution in [2.24, 2.45) is 0 Å². The molecule has 3 saturated heterocycles. The molecule has 308 valence electrons. The van der Waals surface area contributed by atoms with Crippen LogP contribution in [0.5, 0.6) is 11.5 Å². The fourth-order valence-corrected chi connectivity index (χ4v) is 9.56. The number of hydrogen-bond acceptors (Lipinski definition) is 11.